The second-order valence-corrected chi connectivity index (χ2v) is 16.4. The second kappa shape index (κ2) is 45.8. The third-order valence-corrected chi connectivity index (χ3v) is 10.9. The van der Waals surface area contributed by atoms with E-state index < -0.39 is 12.1 Å². The van der Waals surface area contributed by atoms with Gasteiger partial charge in [-0.1, -0.05) is 198 Å². The van der Waals surface area contributed by atoms with E-state index in [-0.39, 0.29) is 18.5 Å². The van der Waals surface area contributed by atoms with Crippen molar-refractivity contribution in [2.24, 2.45) is 0 Å². The van der Waals surface area contributed by atoms with E-state index in [1.165, 1.54) is 135 Å². The zero-order valence-electron chi connectivity index (χ0n) is 37.1. The molecule has 0 aliphatic rings. The number of carbonyl (C=O) groups excluding carboxylic acids is 2. The largest absolute Gasteiger partial charge is 0.466 e. The van der Waals surface area contributed by atoms with Gasteiger partial charge in [-0.3, -0.25) is 9.59 Å². The molecule has 0 spiro atoms. The number of nitrogens with one attached hydrogen (secondary N) is 1. The van der Waals surface area contributed by atoms with Crippen molar-refractivity contribution in [2.75, 3.05) is 13.2 Å². The molecule has 0 fully saturated rings. The first-order valence-corrected chi connectivity index (χ1v) is 24.3. The third kappa shape index (κ3) is 41.7. The van der Waals surface area contributed by atoms with Crippen LogP contribution < -0.4 is 5.32 Å². The molecule has 0 aliphatic carbocycles. The number of unbranched alkanes of at least 4 members (excludes halogenated alkanes) is 29. The SMILES string of the molecule is CCCCCCCCCC/C=C/C(O)C(CO)NC(=O)CCCCCCCCC/C=C\C/C=C\CCCCCOC(=O)CCCCCCCCCCCCCC. The van der Waals surface area contributed by atoms with Gasteiger partial charge in [0, 0.05) is 12.8 Å². The number of aliphatic hydroxyl groups is 2. The summed E-state index contributed by atoms with van der Waals surface area (Å²) >= 11 is 0. The molecule has 0 aromatic carbocycles. The Bertz CT molecular complexity index is 915. The second-order valence-electron chi connectivity index (χ2n) is 16.4. The number of rotatable bonds is 44. The van der Waals surface area contributed by atoms with Gasteiger partial charge in [0.1, 0.15) is 0 Å². The summed E-state index contributed by atoms with van der Waals surface area (Å²) in [6.07, 6.45) is 54.3. The number of ether oxygens (including phenoxy) is 1. The van der Waals surface area contributed by atoms with Crippen molar-refractivity contribution in [3.05, 3.63) is 36.5 Å². The molecule has 0 bridgehead atoms. The minimum atomic E-state index is -0.852. The first-order valence-electron chi connectivity index (χ1n) is 24.3. The van der Waals surface area contributed by atoms with Gasteiger partial charge in [0.05, 0.1) is 25.4 Å². The van der Waals surface area contributed by atoms with Crippen LogP contribution in [0.15, 0.2) is 36.5 Å². The number of carbonyl (C=O) groups is 2. The molecule has 2 atom stereocenters. The minimum Gasteiger partial charge on any atom is -0.466 e. The summed E-state index contributed by atoms with van der Waals surface area (Å²) in [4.78, 5) is 24.3. The Kier molecular flexibility index (Phi) is 44.2. The topological polar surface area (TPSA) is 95.9 Å². The van der Waals surface area contributed by atoms with Crippen LogP contribution in [0.1, 0.15) is 245 Å². The molecule has 0 saturated heterocycles. The van der Waals surface area contributed by atoms with Gasteiger partial charge in [-0.15, -0.1) is 0 Å². The van der Waals surface area contributed by atoms with Gasteiger partial charge in [-0.25, -0.2) is 0 Å². The van der Waals surface area contributed by atoms with E-state index in [2.05, 4.69) is 43.5 Å². The molecule has 3 N–H and O–H groups in total. The summed E-state index contributed by atoms with van der Waals surface area (Å²) in [7, 11) is 0. The third-order valence-electron chi connectivity index (χ3n) is 10.9. The van der Waals surface area contributed by atoms with Crippen molar-refractivity contribution < 1.29 is 24.5 Å². The number of aliphatic hydroxyl groups excluding tert-OH is 2. The smallest absolute Gasteiger partial charge is 0.305 e. The quantitative estimate of drug-likeness (QED) is 0.0325. The van der Waals surface area contributed by atoms with Crippen LogP contribution in [0.2, 0.25) is 0 Å². The molecule has 6 nitrogen and oxygen atoms in total. The van der Waals surface area contributed by atoms with Crippen molar-refractivity contribution >= 4 is 11.9 Å². The first kappa shape index (κ1) is 54.1. The lowest BCUT2D eigenvalue weighted by atomic mass is 10.0. The Labute approximate surface area is 347 Å². The average molecular weight is 788 g/mol. The molecule has 2 unspecified atom stereocenters. The highest BCUT2D eigenvalue weighted by molar-refractivity contribution is 5.76. The maximum atomic E-state index is 12.4. The molecular weight excluding hydrogens is 695 g/mol. The van der Waals surface area contributed by atoms with Crippen LogP contribution in [0.4, 0.5) is 0 Å². The van der Waals surface area contributed by atoms with Crippen molar-refractivity contribution in [3.8, 4) is 0 Å². The maximum Gasteiger partial charge on any atom is 0.305 e. The lowest BCUT2D eigenvalue weighted by Crippen LogP contribution is -2.45. The number of hydrogen-bond acceptors (Lipinski definition) is 5. The van der Waals surface area contributed by atoms with Gasteiger partial charge in [-0.2, -0.15) is 0 Å². The summed E-state index contributed by atoms with van der Waals surface area (Å²) < 4.78 is 5.43. The normalized spacial score (nSPS) is 13.0. The van der Waals surface area contributed by atoms with Crippen LogP contribution in [0.25, 0.3) is 0 Å². The van der Waals surface area contributed by atoms with Gasteiger partial charge in [0.25, 0.3) is 0 Å². The first-order chi connectivity index (χ1) is 27.5. The van der Waals surface area contributed by atoms with Crippen molar-refractivity contribution in [3.63, 3.8) is 0 Å². The van der Waals surface area contributed by atoms with E-state index in [9.17, 15) is 19.8 Å². The van der Waals surface area contributed by atoms with E-state index in [0.29, 0.717) is 19.4 Å². The van der Waals surface area contributed by atoms with E-state index in [4.69, 9.17) is 4.74 Å². The number of amides is 1. The van der Waals surface area contributed by atoms with Gasteiger partial charge in [0.2, 0.25) is 5.91 Å². The molecule has 0 radical (unpaired) electrons. The molecule has 0 rings (SSSR count). The Morgan fingerprint density at radius 3 is 1.36 bits per heavy atom. The summed E-state index contributed by atoms with van der Waals surface area (Å²) in [6, 6.07) is -0.638. The fourth-order valence-electron chi connectivity index (χ4n) is 7.13. The molecule has 56 heavy (non-hydrogen) atoms. The molecule has 328 valence electrons. The molecule has 0 aromatic rings. The van der Waals surface area contributed by atoms with Gasteiger partial charge >= 0.3 is 5.97 Å². The van der Waals surface area contributed by atoms with E-state index in [1.54, 1.807) is 6.08 Å². The van der Waals surface area contributed by atoms with Crippen LogP contribution in [-0.2, 0) is 14.3 Å². The Balaban J connectivity index is 3.53. The van der Waals surface area contributed by atoms with Gasteiger partial charge in [0.15, 0.2) is 0 Å². The van der Waals surface area contributed by atoms with Crippen molar-refractivity contribution in [2.45, 2.75) is 257 Å². The predicted octanol–water partition coefficient (Wildman–Crippen LogP) is 14.1. The highest BCUT2D eigenvalue weighted by Gasteiger charge is 2.18. The van der Waals surface area contributed by atoms with E-state index in [0.717, 1.165) is 83.5 Å². The number of hydrogen-bond donors (Lipinski definition) is 3. The summed E-state index contributed by atoms with van der Waals surface area (Å²) in [6.45, 7) is 4.82. The van der Waals surface area contributed by atoms with Crippen LogP contribution in [0.5, 0.6) is 0 Å². The Morgan fingerprint density at radius 2 is 0.893 bits per heavy atom. The standard InChI is InChI=1S/C50H93NO5/c1-3-5-7-9-11-13-15-24-28-32-36-40-44-50(55)56-45-41-37-33-29-25-22-20-18-16-17-19-21-23-27-31-35-39-43-49(54)51-47(46-52)48(53)42-38-34-30-26-14-12-10-8-6-4-2/h16,18,22,25,38,42,47-48,52-53H,3-15,17,19-21,23-24,26-37,39-41,43-46H2,1-2H3,(H,51,54)/b18-16-,25-22-,42-38+. The molecule has 0 saturated carbocycles. The lowest BCUT2D eigenvalue weighted by molar-refractivity contribution is -0.143. The van der Waals surface area contributed by atoms with Crippen LogP contribution >= 0.6 is 0 Å². The molecule has 0 aliphatic heterocycles. The summed E-state index contributed by atoms with van der Waals surface area (Å²) in [5.41, 5.74) is 0. The van der Waals surface area contributed by atoms with Gasteiger partial charge in [-0.05, 0) is 70.6 Å². The predicted molar refractivity (Wildman–Crippen MR) is 241 cm³/mol. The minimum absolute atomic E-state index is 0.0168. The Morgan fingerprint density at radius 1 is 0.500 bits per heavy atom. The molecule has 6 heteroatoms. The fraction of sp³-hybridized carbons (Fsp3) is 0.840. The van der Waals surface area contributed by atoms with Crippen LogP contribution in [0, 0.1) is 0 Å². The average Bonchev–Trinajstić information content (AvgIpc) is 3.20. The maximum absolute atomic E-state index is 12.4. The zero-order chi connectivity index (χ0) is 40.8. The summed E-state index contributed by atoms with van der Waals surface area (Å²) in [5, 5.41) is 22.9. The summed E-state index contributed by atoms with van der Waals surface area (Å²) in [5.74, 6) is -0.104. The Hall–Kier alpha value is -1.92. The fourth-order valence-corrected chi connectivity index (χ4v) is 7.13. The van der Waals surface area contributed by atoms with Crippen LogP contribution in [0.3, 0.4) is 0 Å². The zero-order valence-corrected chi connectivity index (χ0v) is 37.1. The van der Waals surface area contributed by atoms with Gasteiger partial charge < -0.3 is 20.3 Å². The number of esters is 1. The van der Waals surface area contributed by atoms with E-state index >= 15 is 0 Å². The molecule has 0 aromatic heterocycles. The van der Waals surface area contributed by atoms with Crippen molar-refractivity contribution in [1.82, 2.24) is 5.32 Å². The number of allylic oxidation sites excluding steroid dienone is 5. The van der Waals surface area contributed by atoms with E-state index in [1.807, 2.05) is 6.08 Å². The molecule has 0 heterocycles. The van der Waals surface area contributed by atoms with Crippen LogP contribution in [-0.4, -0.2) is 47.4 Å². The highest BCUT2D eigenvalue weighted by atomic mass is 16.5. The molecule has 1 amide bonds. The monoisotopic (exact) mass is 788 g/mol. The molecular formula is C50H93NO5. The highest BCUT2D eigenvalue weighted by Crippen LogP contribution is 2.14. The lowest BCUT2D eigenvalue weighted by Gasteiger charge is -2.20. The van der Waals surface area contributed by atoms with Crippen molar-refractivity contribution in [1.29, 1.82) is 0 Å².